The third-order valence-corrected chi connectivity index (χ3v) is 6.80. The van der Waals surface area contributed by atoms with Gasteiger partial charge in [-0.2, -0.15) is 5.10 Å². The maximum atomic E-state index is 13.3. The van der Waals surface area contributed by atoms with E-state index in [1.54, 1.807) is 25.5 Å². The molecule has 2 aliphatic heterocycles. The van der Waals surface area contributed by atoms with E-state index in [1.807, 2.05) is 24.3 Å². The average molecular weight is 435 g/mol. The first-order valence-corrected chi connectivity index (χ1v) is 10.9. The van der Waals surface area contributed by atoms with Crippen LogP contribution in [0.15, 0.2) is 52.2 Å². The number of ether oxygens (including phenoxy) is 1. The van der Waals surface area contributed by atoms with Crippen molar-refractivity contribution in [1.82, 2.24) is 9.91 Å². The number of nitrogens with zero attached hydrogens (tertiary/aromatic N) is 3. The second kappa shape index (κ2) is 7.93. The third kappa shape index (κ3) is 3.39. The van der Waals surface area contributed by atoms with E-state index in [1.165, 1.54) is 5.01 Å². The molecule has 3 aliphatic rings. The Morgan fingerprint density at radius 2 is 1.94 bits per heavy atom. The summed E-state index contributed by atoms with van der Waals surface area (Å²) in [5.74, 6) is 0.471. The molecular weight excluding hydrogens is 410 g/mol. The summed E-state index contributed by atoms with van der Waals surface area (Å²) in [5.41, 5.74) is 1.00. The molecule has 1 spiro atoms. The lowest BCUT2D eigenvalue weighted by atomic mass is 9.84. The molecule has 1 aromatic heterocycles. The maximum Gasteiger partial charge on any atom is 0.263 e. The van der Waals surface area contributed by atoms with Crippen LogP contribution in [-0.2, 0) is 14.4 Å². The van der Waals surface area contributed by atoms with Crippen molar-refractivity contribution in [3.8, 4) is 5.75 Å². The van der Waals surface area contributed by atoms with Gasteiger partial charge in [-0.25, -0.2) is 5.01 Å². The molecule has 2 fully saturated rings. The number of benzene rings is 1. The van der Waals surface area contributed by atoms with E-state index in [0.717, 1.165) is 47.6 Å². The summed E-state index contributed by atoms with van der Waals surface area (Å²) >= 11 is 0. The summed E-state index contributed by atoms with van der Waals surface area (Å²) in [6.07, 6.45) is 5.58. The minimum absolute atomic E-state index is 0.207. The molecule has 5 rings (SSSR count). The number of carbonyl (C=O) groups excluding carboxylic acids is 3. The van der Waals surface area contributed by atoms with Crippen molar-refractivity contribution in [1.29, 1.82) is 0 Å². The van der Waals surface area contributed by atoms with E-state index in [4.69, 9.17) is 9.15 Å². The minimum Gasteiger partial charge on any atom is -0.497 e. The monoisotopic (exact) mass is 435 g/mol. The molecule has 1 saturated heterocycles. The first-order valence-electron chi connectivity index (χ1n) is 10.9. The Bertz CT molecular complexity index is 1070. The van der Waals surface area contributed by atoms with Crippen molar-refractivity contribution >= 4 is 23.4 Å². The number of hydrogen-bond donors (Lipinski definition) is 0. The number of imide groups is 1. The number of methoxy groups -OCH3 is 1. The Hall–Kier alpha value is -3.42. The Balaban J connectivity index is 1.39. The zero-order chi connectivity index (χ0) is 22.3. The van der Waals surface area contributed by atoms with Crippen molar-refractivity contribution in [2.24, 2.45) is 10.5 Å². The fraction of sp³-hybridized carbons (Fsp3) is 0.417. The van der Waals surface area contributed by atoms with Crippen LogP contribution < -0.4 is 4.74 Å². The normalized spacial score (nSPS) is 22.2. The van der Waals surface area contributed by atoms with Crippen LogP contribution in [0.5, 0.6) is 5.75 Å². The third-order valence-electron chi connectivity index (χ3n) is 6.80. The molecule has 0 radical (unpaired) electrons. The molecular formula is C24H25N3O5. The van der Waals surface area contributed by atoms with Gasteiger partial charge >= 0.3 is 0 Å². The van der Waals surface area contributed by atoms with Crippen LogP contribution in [0.25, 0.3) is 0 Å². The fourth-order valence-corrected chi connectivity index (χ4v) is 5.07. The van der Waals surface area contributed by atoms with E-state index < -0.39 is 17.4 Å². The van der Waals surface area contributed by atoms with E-state index in [0.29, 0.717) is 12.2 Å². The van der Waals surface area contributed by atoms with Crippen LogP contribution in [0.2, 0.25) is 0 Å². The summed E-state index contributed by atoms with van der Waals surface area (Å²) in [7, 11) is 1.60. The highest BCUT2D eigenvalue weighted by molar-refractivity contribution is 6.08. The molecule has 8 heteroatoms. The van der Waals surface area contributed by atoms with Crippen LogP contribution in [0.4, 0.5) is 0 Å². The highest BCUT2D eigenvalue weighted by Crippen LogP contribution is 2.47. The summed E-state index contributed by atoms with van der Waals surface area (Å²) in [4.78, 5) is 40.1. The van der Waals surface area contributed by atoms with Crippen LogP contribution in [-0.4, -0.2) is 47.0 Å². The zero-order valence-corrected chi connectivity index (χ0v) is 18.0. The van der Waals surface area contributed by atoms with E-state index in [-0.39, 0.29) is 24.8 Å². The molecule has 1 aromatic carbocycles. The van der Waals surface area contributed by atoms with Crippen LogP contribution in [0.1, 0.15) is 55.9 Å². The first kappa shape index (κ1) is 20.5. The lowest BCUT2D eigenvalue weighted by molar-refractivity contribution is -0.148. The van der Waals surface area contributed by atoms with E-state index in [9.17, 15) is 14.4 Å². The van der Waals surface area contributed by atoms with Crippen molar-refractivity contribution in [3.63, 3.8) is 0 Å². The number of hydrazone groups is 1. The van der Waals surface area contributed by atoms with Gasteiger partial charge in [0.15, 0.2) is 0 Å². The summed E-state index contributed by atoms with van der Waals surface area (Å²) in [6.45, 7) is -0.296. The SMILES string of the molecule is COc1ccc(C2=NN(C(=O)CN3C(=O)CC4(CCCC4)C3=O)[C@H](c3ccco3)C2)cc1. The smallest absolute Gasteiger partial charge is 0.263 e. The number of rotatable bonds is 5. The van der Waals surface area contributed by atoms with Gasteiger partial charge < -0.3 is 9.15 Å². The number of carbonyl (C=O) groups is 3. The highest BCUT2D eigenvalue weighted by Gasteiger charge is 2.53. The van der Waals surface area contributed by atoms with Gasteiger partial charge in [0.1, 0.15) is 24.1 Å². The molecule has 3 heterocycles. The van der Waals surface area contributed by atoms with Crippen molar-refractivity contribution in [3.05, 3.63) is 54.0 Å². The second-order valence-corrected chi connectivity index (χ2v) is 8.70. The standard InChI is InChI=1S/C24H25N3O5/c1-31-17-8-6-16(7-9-17)18-13-19(20-5-4-12-32-20)27(25-18)22(29)15-26-21(28)14-24(23(26)30)10-2-3-11-24/h4-9,12,19H,2-3,10-11,13-15H2,1H3/t19-/m0/s1. The van der Waals surface area contributed by atoms with Gasteiger partial charge in [-0.05, 0) is 54.8 Å². The van der Waals surface area contributed by atoms with Gasteiger partial charge in [0.05, 0.1) is 24.5 Å². The number of hydrogen-bond acceptors (Lipinski definition) is 6. The summed E-state index contributed by atoms with van der Waals surface area (Å²) in [5, 5.41) is 5.94. The van der Waals surface area contributed by atoms with Crippen molar-refractivity contribution < 1.29 is 23.5 Å². The lowest BCUT2D eigenvalue weighted by Crippen LogP contribution is -2.42. The molecule has 0 unspecified atom stereocenters. The average Bonchev–Trinajstić information content (AvgIpc) is 3.59. The molecule has 3 amide bonds. The zero-order valence-electron chi connectivity index (χ0n) is 18.0. The number of furan rings is 1. The topological polar surface area (TPSA) is 92.4 Å². The largest absolute Gasteiger partial charge is 0.497 e. The second-order valence-electron chi connectivity index (χ2n) is 8.70. The molecule has 1 saturated carbocycles. The predicted octanol–water partition coefficient (Wildman–Crippen LogP) is 3.29. The number of amides is 3. The molecule has 32 heavy (non-hydrogen) atoms. The van der Waals surface area contributed by atoms with Gasteiger partial charge in [0.25, 0.3) is 5.91 Å². The van der Waals surface area contributed by atoms with Gasteiger partial charge in [-0.15, -0.1) is 0 Å². The number of likely N-dealkylation sites (tertiary alicyclic amines) is 1. The highest BCUT2D eigenvalue weighted by atomic mass is 16.5. The van der Waals surface area contributed by atoms with Crippen molar-refractivity contribution in [2.75, 3.05) is 13.7 Å². The van der Waals surface area contributed by atoms with Crippen LogP contribution >= 0.6 is 0 Å². The summed E-state index contributed by atoms with van der Waals surface area (Å²) in [6, 6.07) is 10.6. The minimum atomic E-state index is -0.597. The molecule has 2 aromatic rings. The Morgan fingerprint density at radius 3 is 2.59 bits per heavy atom. The van der Waals surface area contributed by atoms with E-state index >= 15 is 0 Å². The van der Waals surface area contributed by atoms with Crippen LogP contribution in [0, 0.1) is 5.41 Å². The molecule has 0 N–H and O–H groups in total. The van der Waals surface area contributed by atoms with Gasteiger partial charge in [-0.3, -0.25) is 19.3 Å². The van der Waals surface area contributed by atoms with Crippen molar-refractivity contribution in [2.45, 2.75) is 44.6 Å². The van der Waals surface area contributed by atoms with Gasteiger partial charge in [0, 0.05) is 12.8 Å². The molecule has 1 atom stereocenters. The van der Waals surface area contributed by atoms with E-state index in [2.05, 4.69) is 5.10 Å². The molecule has 0 bridgehead atoms. The molecule has 1 aliphatic carbocycles. The molecule has 166 valence electrons. The molecule has 8 nitrogen and oxygen atoms in total. The fourth-order valence-electron chi connectivity index (χ4n) is 5.07. The first-order chi connectivity index (χ1) is 15.5. The maximum absolute atomic E-state index is 13.3. The lowest BCUT2D eigenvalue weighted by Gasteiger charge is -2.24. The Kier molecular flexibility index (Phi) is 5.07. The summed E-state index contributed by atoms with van der Waals surface area (Å²) < 4.78 is 10.8. The van der Waals surface area contributed by atoms with Crippen LogP contribution in [0.3, 0.4) is 0 Å². The Morgan fingerprint density at radius 1 is 1.19 bits per heavy atom. The Labute approximate surface area is 185 Å². The van der Waals surface area contributed by atoms with Gasteiger partial charge in [-0.1, -0.05) is 12.8 Å². The van der Waals surface area contributed by atoms with Gasteiger partial charge in [0.2, 0.25) is 11.8 Å². The quantitative estimate of drug-likeness (QED) is 0.672. The predicted molar refractivity (Wildman–Crippen MR) is 115 cm³/mol.